The molecule has 0 N–H and O–H groups in total. The fourth-order valence-corrected chi connectivity index (χ4v) is 7.51. The summed E-state index contributed by atoms with van der Waals surface area (Å²) in [7, 11) is 0. The number of benzene rings is 4. The maximum Gasteiger partial charge on any atom is -0.000721 e. The maximum atomic E-state index is 4.06. The Morgan fingerprint density at radius 2 is 1.14 bits per heavy atom. The van der Waals surface area contributed by atoms with E-state index in [4.69, 9.17) is 0 Å². The molecule has 6 rings (SSSR count). The van der Waals surface area contributed by atoms with Gasteiger partial charge in [-0.1, -0.05) is 144 Å². The summed E-state index contributed by atoms with van der Waals surface area (Å²) < 4.78 is 0. The highest BCUT2D eigenvalue weighted by atomic mass is 14.3. The summed E-state index contributed by atoms with van der Waals surface area (Å²) in [6.07, 6.45) is 21.1. The molecule has 0 fully saturated rings. The molecule has 0 bridgehead atoms. The summed E-state index contributed by atoms with van der Waals surface area (Å²) in [6.45, 7) is 9.37. The van der Waals surface area contributed by atoms with E-state index in [1.807, 2.05) is 0 Å². The number of rotatable bonds is 11. The van der Waals surface area contributed by atoms with E-state index in [-0.39, 0.29) is 0 Å². The van der Waals surface area contributed by atoms with Gasteiger partial charge in [0.15, 0.2) is 0 Å². The van der Waals surface area contributed by atoms with Crippen LogP contribution in [0.1, 0.15) is 104 Å². The zero-order valence-electron chi connectivity index (χ0n) is 26.5. The highest BCUT2D eigenvalue weighted by Gasteiger charge is 2.29. The molecule has 4 aromatic carbocycles. The van der Waals surface area contributed by atoms with Crippen molar-refractivity contribution in [2.24, 2.45) is 0 Å². The molecular weight excluding hydrogens is 516 g/mol. The molecule has 4 aromatic rings. The minimum Gasteiger partial charge on any atom is -0.0801 e. The largest absolute Gasteiger partial charge is 0.0801 e. The smallest absolute Gasteiger partial charge is 0.000721 e. The molecule has 0 aromatic heterocycles. The summed E-state index contributed by atoms with van der Waals surface area (Å²) in [5.74, 6) is 0. The van der Waals surface area contributed by atoms with Gasteiger partial charge in [0.1, 0.15) is 0 Å². The molecule has 0 unspecified atom stereocenters. The minimum atomic E-state index is 1.02. The standard InChI is InChI=1S/C43H45/c1-5-17-34-35(18-6-2)41(32-25-15-16-26-32)39-29-33-27-28-38(37(20-8-4)42(33)43(39)36(34)19-7-3)40(30-21-11-9-12-22-30)31-23-13-10-14-24-31/h9-16,21-25,27-28H,5-8,17-20,26H2,1-4H3. The van der Waals surface area contributed by atoms with Crippen molar-refractivity contribution in [1.29, 1.82) is 0 Å². The molecule has 0 aliphatic heterocycles. The highest BCUT2D eigenvalue weighted by molar-refractivity contribution is 5.96. The van der Waals surface area contributed by atoms with Crippen molar-refractivity contribution in [1.82, 2.24) is 0 Å². The fraction of sp³-hybridized carbons (Fsp3) is 0.302. The molecule has 43 heavy (non-hydrogen) atoms. The van der Waals surface area contributed by atoms with Crippen LogP contribution in [0.2, 0.25) is 0 Å². The van der Waals surface area contributed by atoms with Gasteiger partial charge in [-0.2, -0.15) is 0 Å². The number of fused-ring (bicyclic) bond motifs is 3. The van der Waals surface area contributed by atoms with Crippen LogP contribution in [0.25, 0.3) is 28.3 Å². The number of hydrogen-bond acceptors (Lipinski definition) is 0. The molecule has 217 valence electrons. The minimum absolute atomic E-state index is 1.02. The van der Waals surface area contributed by atoms with Crippen molar-refractivity contribution in [3.63, 3.8) is 0 Å². The van der Waals surface area contributed by atoms with Gasteiger partial charge in [-0.25, -0.2) is 0 Å². The van der Waals surface area contributed by atoms with Crippen LogP contribution in [-0.4, -0.2) is 0 Å². The zero-order chi connectivity index (χ0) is 29.8. The van der Waals surface area contributed by atoms with Gasteiger partial charge in [0, 0.05) is 0 Å². The van der Waals surface area contributed by atoms with Crippen molar-refractivity contribution in [2.75, 3.05) is 0 Å². The molecular formula is C43H45. The van der Waals surface area contributed by atoms with E-state index in [0.717, 1.165) is 44.9 Å². The topological polar surface area (TPSA) is 0 Å². The van der Waals surface area contributed by atoms with Crippen LogP contribution in [0, 0.1) is 0 Å². The van der Waals surface area contributed by atoms with Gasteiger partial charge in [-0.3, -0.25) is 0 Å². The average molecular weight is 562 g/mol. The lowest BCUT2D eigenvalue weighted by Gasteiger charge is -2.26. The van der Waals surface area contributed by atoms with Gasteiger partial charge in [-0.15, -0.1) is 0 Å². The molecule has 0 saturated carbocycles. The van der Waals surface area contributed by atoms with Crippen molar-refractivity contribution < 1.29 is 0 Å². The molecule has 1 radical (unpaired) electrons. The Balaban J connectivity index is 1.78. The Kier molecular flexibility index (Phi) is 8.94. The summed E-state index contributed by atoms with van der Waals surface area (Å²) in [6, 6.07) is 26.8. The quantitative estimate of drug-likeness (QED) is 0.151. The lowest BCUT2D eigenvalue weighted by atomic mass is 9.78. The second-order valence-corrected chi connectivity index (χ2v) is 12.1. The monoisotopic (exact) mass is 561 g/mol. The normalized spacial score (nSPS) is 13.1. The number of hydrogen-bond donors (Lipinski definition) is 0. The van der Waals surface area contributed by atoms with Gasteiger partial charge < -0.3 is 0 Å². The van der Waals surface area contributed by atoms with E-state index in [1.165, 1.54) is 73.4 Å². The van der Waals surface area contributed by atoms with Crippen molar-refractivity contribution in [3.8, 4) is 11.1 Å². The Labute approximate surface area is 259 Å². The average Bonchev–Trinajstić information content (AvgIpc) is 3.70. The van der Waals surface area contributed by atoms with Crippen LogP contribution in [0.4, 0.5) is 0 Å². The number of allylic oxidation sites excluding steroid dienone is 4. The van der Waals surface area contributed by atoms with Gasteiger partial charge in [0.05, 0.1) is 0 Å². The van der Waals surface area contributed by atoms with E-state index in [9.17, 15) is 0 Å². The molecule has 0 saturated heterocycles. The van der Waals surface area contributed by atoms with Gasteiger partial charge in [0.25, 0.3) is 0 Å². The Hall–Kier alpha value is -3.90. The second kappa shape index (κ2) is 13.2. The first kappa shape index (κ1) is 29.2. The summed E-state index contributed by atoms with van der Waals surface area (Å²) in [4.78, 5) is 0. The third-order valence-corrected chi connectivity index (χ3v) is 9.14. The summed E-state index contributed by atoms with van der Waals surface area (Å²) >= 11 is 0. The van der Waals surface area contributed by atoms with Gasteiger partial charge in [-0.05, 0) is 115 Å². The van der Waals surface area contributed by atoms with Crippen LogP contribution in [0.15, 0.2) is 91.0 Å². The molecule has 0 heteroatoms. The highest BCUT2D eigenvalue weighted by Crippen LogP contribution is 2.44. The zero-order valence-corrected chi connectivity index (χ0v) is 26.5. The SMILES string of the molecule is CCCc1c(CCC)c(C2=CC=CC2)c2c(c1CCC)-c1c(CCC)c(=C(c3ccccc3)c3ccccc3)ccc1=[C]2. The van der Waals surface area contributed by atoms with Crippen LogP contribution in [0.5, 0.6) is 0 Å². The predicted molar refractivity (Wildman–Crippen MR) is 186 cm³/mol. The van der Waals surface area contributed by atoms with E-state index in [2.05, 4.69) is 125 Å². The second-order valence-electron chi connectivity index (χ2n) is 12.1. The van der Waals surface area contributed by atoms with E-state index < -0.39 is 0 Å². The van der Waals surface area contributed by atoms with Crippen LogP contribution < -0.4 is 10.4 Å². The first-order valence-electron chi connectivity index (χ1n) is 16.7. The first-order chi connectivity index (χ1) is 21.2. The van der Waals surface area contributed by atoms with Gasteiger partial charge >= 0.3 is 0 Å². The van der Waals surface area contributed by atoms with Crippen LogP contribution in [0.3, 0.4) is 0 Å². The molecule has 2 aliphatic carbocycles. The first-order valence-corrected chi connectivity index (χ1v) is 16.7. The fourth-order valence-electron chi connectivity index (χ4n) is 7.51. The molecule has 0 spiro atoms. The summed E-state index contributed by atoms with van der Waals surface area (Å²) in [5.41, 5.74) is 17.5. The Morgan fingerprint density at radius 3 is 1.70 bits per heavy atom. The Bertz CT molecular complexity index is 1750. The van der Waals surface area contributed by atoms with E-state index in [0.29, 0.717) is 0 Å². The van der Waals surface area contributed by atoms with Crippen molar-refractivity contribution >= 4 is 17.2 Å². The third kappa shape index (κ3) is 5.38. The maximum absolute atomic E-state index is 4.06. The lowest BCUT2D eigenvalue weighted by Crippen LogP contribution is -2.21. The van der Waals surface area contributed by atoms with Crippen LogP contribution in [-0.2, 0) is 25.7 Å². The van der Waals surface area contributed by atoms with Crippen molar-refractivity contribution in [2.45, 2.75) is 85.5 Å². The molecule has 0 amide bonds. The summed E-state index contributed by atoms with van der Waals surface area (Å²) in [5, 5.41) is 2.65. The third-order valence-electron chi connectivity index (χ3n) is 9.14. The molecule has 0 nitrogen and oxygen atoms in total. The predicted octanol–water partition coefficient (Wildman–Crippen LogP) is 9.77. The molecule has 2 aliphatic rings. The molecule has 0 atom stereocenters. The lowest BCUT2D eigenvalue weighted by molar-refractivity contribution is 0.823. The van der Waals surface area contributed by atoms with E-state index in [1.54, 1.807) is 16.7 Å². The Morgan fingerprint density at radius 1 is 0.581 bits per heavy atom. The van der Waals surface area contributed by atoms with E-state index >= 15 is 0 Å². The van der Waals surface area contributed by atoms with Gasteiger partial charge in [0.2, 0.25) is 0 Å². The van der Waals surface area contributed by atoms with Crippen LogP contribution >= 0.6 is 0 Å². The van der Waals surface area contributed by atoms with Crippen molar-refractivity contribution in [3.05, 3.63) is 146 Å². The molecule has 0 heterocycles.